The maximum absolute atomic E-state index is 12.2. The van der Waals surface area contributed by atoms with Gasteiger partial charge in [0.05, 0.1) is 6.61 Å². The summed E-state index contributed by atoms with van der Waals surface area (Å²) in [5.74, 6) is -0.713. The standard InChI is InChI=1S/C55H84O5/c1-3-5-7-9-11-13-15-17-19-21-23-24-25-26-27-28-29-30-32-34-36-38-40-42-44-46-48-50-55(58)60-53(51-56)52-59-54(57)49-47-45-43-41-39-37-35-33-31-22-20-18-16-14-12-10-8-6-4-2/h5-8,11-14,17-20,23-24,26-27,29-31,33,37,39,43,45,53,56H,3-4,9-10,15-16,21-22,25,28,32,34-36,38,40-42,44,46-52H2,1-2H3/b7-5-,8-6-,13-11-,14-12-,19-17-,20-18-,24-23-,27-26-,30-29-,33-31-,39-37-,45-43-. The third kappa shape index (κ3) is 46.5. The molecule has 1 N–H and O–H groups in total. The molecule has 0 rings (SSSR count). The minimum Gasteiger partial charge on any atom is -0.462 e. The van der Waals surface area contributed by atoms with Gasteiger partial charge in [0.25, 0.3) is 0 Å². The highest BCUT2D eigenvalue weighted by Crippen LogP contribution is 2.12. The second-order valence-electron chi connectivity index (χ2n) is 14.7. The van der Waals surface area contributed by atoms with Crippen LogP contribution in [0.25, 0.3) is 0 Å². The molecule has 1 unspecified atom stereocenters. The van der Waals surface area contributed by atoms with Gasteiger partial charge in [0.2, 0.25) is 0 Å². The van der Waals surface area contributed by atoms with Crippen molar-refractivity contribution in [1.29, 1.82) is 0 Å². The molecule has 5 nitrogen and oxygen atoms in total. The number of hydrogen-bond donors (Lipinski definition) is 1. The van der Waals surface area contributed by atoms with Crippen LogP contribution in [0.4, 0.5) is 0 Å². The number of aliphatic hydroxyl groups is 1. The summed E-state index contributed by atoms with van der Waals surface area (Å²) in [7, 11) is 0. The summed E-state index contributed by atoms with van der Waals surface area (Å²) >= 11 is 0. The van der Waals surface area contributed by atoms with Gasteiger partial charge in [-0.05, 0) is 103 Å². The highest BCUT2D eigenvalue weighted by molar-refractivity contribution is 5.70. The molecular weight excluding hydrogens is 741 g/mol. The van der Waals surface area contributed by atoms with Gasteiger partial charge in [0.15, 0.2) is 6.10 Å². The molecule has 0 aliphatic carbocycles. The predicted molar refractivity (Wildman–Crippen MR) is 260 cm³/mol. The molecule has 0 heterocycles. The number of rotatable bonds is 40. The molecule has 334 valence electrons. The molecule has 0 spiro atoms. The molecule has 0 fully saturated rings. The van der Waals surface area contributed by atoms with Crippen molar-refractivity contribution in [3.63, 3.8) is 0 Å². The van der Waals surface area contributed by atoms with Gasteiger partial charge in [0.1, 0.15) is 6.61 Å². The van der Waals surface area contributed by atoms with Crippen LogP contribution in [0.5, 0.6) is 0 Å². The maximum Gasteiger partial charge on any atom is 0.306 e. The number of ether oxygens (including phenoxy) is 2. The van der Waals surface area contributed by atoms with Crippen LogP contribution in [-0.4, -0.2) is 36.4 Å². The fourth-order valence-electron chi connectivity index (χ4n) is 5.70. The molecule has 5 heteroatoms. The molecule has 0 amide bonds. The third-order valence-electron chi connectivity index (χ3n) is 9.14. The Balaban J connectivity index is 3.71. The Kier molecular flexibility index (Phi) is 45.7. The SMILES string of the molecule is CC/C=C\C/C=C\C/C=C\C/C=C\C/C=C\C/C=C\CCCCCCCCCCC(=O)OC(CO)COC(=O)CC/C=C\C/C=C\C/C=C\C/C=C\C/C=C\C/C=C\CC. The summed E-state index contributed by atoms with van der Waals surface area (Å²) in [4.78, 5) is 24.4. The molecular formula is C55H84O5. The van der Waals surface area contributed by atoms with Crippen LogP contribution in [0.3, 0.4) is 0 Å². The molecule has 0 saturated carbocycles. The summed E-state index contributed by atoms with van der Waals surface area (Å²) in [6.45, 7) is 3.82. The van der Waals surface area contributed by atoms with Crippen molar-refractivity contribution in [3.05, 3.63) is 146 Å². The average molecular weight is 825 g/mol. The number of allylic oxidation sites excluding steroid dienone is 24. The van der Waals surface area contributed by atoms with E-state index in [1.54, 1.807) is 0 Å². The van der Waals surface area contributed by atoms with E-state index in [9.17, 15) is 14.7 Å². The quantitative estimate of drug-likeness (QED) is 0.0378. The largest absolute Gasteiger partial charge is 0.462 e. The molecule has 0 saturated heterocycles. The Morgan fingerprint density at radius 2 is 0.700 bits per heavy atom. The zero-order valence-corrected chi connectivity index (χ0v) is 37.9. The Bertz CT molecular complexity index is 1350. The number of esters is 2. The lowest BCUT2D eigenvalue weighted by molar-refractivity contribution is -0.161. The molecule has 0 bridgehead atoms. The fraction of sp³-hybridized carbons (Fsp3) is 0.527. The zero-order chi connectivity index (χ0) is 43.5. The van der Waals surface area contributed by atoms with Gasteiger partial charge in [-0.3, -0.25) is 9.59 Å². The molecule has 1 atom stereocenters. The monoisotopic (exact) mass is 825 g/mol. The second-order valence-corrected chi connectivity index (χ2v) is 14.7. The van der Waals surface area contributed by atoms with Gasteiger partial charge in [-0.1, -0.05) is 198 Å². The highest BCUT2D eigenvalue weighted by Gasteiger charge is 2.15. The van der Waals surface area contributed by atoms with Gasteiger partial charge in [-0.15, -0.1) is 0 Å². The Morgan fingerprint density at radius 3 is 1.07 bits per heavy atom. The van der Waals surface area contributed by atoms with Gasteiger partial charge < -0.3 is 14.6 Å². The van der Waals surface area contributed by atoms with Crippen LogP contribution in [0.2, 0.25) is 0 Å². The maximum atomic E-state index is 12.2. The van der Waals surface area contributed by atoms with Crippen LogP contribution in [-0.2, 0) is 19.1 Å². The normalized spacial score (nSPS) is 13.6. The Labute approximate surface area is 368 Å². The Hall–Kier alpha value is -4.22. The van der Waals surface area contributed by atoms with Crippen LogP contribution in [0.1, 0.15) is 168 Å². The number of hydrogen-bond acceptors (Lipinski definition) is 5. The van der Waals surface area contributed by atoms with Gasteiger partial charge >= 0.3 is 11.9 Å². The van der Waals surface area contributed by atoms with E-state index in [0.717, 1.165) is 103 Å². The first kappa shape index (κ1) is 55.8. The van der Waals surface area contributed by atoms with E-state index in [1.807, 2.05) is 12.2 Å². The van der Waals surface area contributed by atoms with Gasteiger partial charge in [0, 0.05) is 12.8 Å². The average Bonchev–Trinajstić information content (AvgIpc) is 3.25. The molecule has 0 aliphatic heterocycles. The number of carbonyl (C=O) groups is 2. The van der Waals surface area contributed by atoms with Crippen LogP contribution in [0.15, 0.2) is 146 Å². The first-order valence-corrected chi connectivity index (χ1v) is 23.4. The molecule has 0 aliphatic rings. The lowest BCUT2D eigenvalue weighted by Gasteiger charge is -2.15. The van der Waals surface area contributed by atoms with E-state index < -0.39 is 6.10 Å². The van der Waals surface area contributed by atoms with Crippen molar-refractivity contribution in [2.45, 2.75) is 174 Å². The van der Waals surface area contributed by atoms with Crippen LogP contribution < -0.4 is 0 Å². The summed E-state index contributed by atoms with van der Waals surface area (Å²) in [5.41, 5.74) is 0. The predicted octanol–water partition coefficient (Wildman–Crippen LogP) is 15.5. The molecule has 0 aromatic carbocycles. The van der Waals surface area contributed by atoms with E-state index in [2.05, 4.69) is 148 Å². The smallest absolute Gasteiger partial charge is 0.306 e. The van der Waals surface area contributed by atoms with E-state index in [4.69, 9.17) is 9.47 Å². The topological polar surface area (TPSA) is 72.8 Å². The van der Waals surface area contributed by atoms with Crippen LogP contribution >= 0.6 is 0 Å². The van der Waals surface area contributed by atoms with Crippen molar-refractivity contribution in [2.75, 3.05) is 13.2 Å². The zero-order valence-electron chi connectivity index (χ0n) is 37.9. The van der Waals surface area contributed by atoms with Crippen molar-refractivity contribution in [3.8, 4) is 0 Å². The second kappa shape index (κ2) is 49.1. The van der Waals surface area contributed by atoms with Crippen molar-refractivity contribution in [2.24, 2.45) is 0 Å². The number of aliphatic hydroxyl groups excluding tert-OH is 1. The minimum absolute atomic E-state index is 0.120. The van der Waals surface area contributed by atoms with Crippen molar-refractivity contribution in [1.82, 2.24) is 0 Å². The molecule has 0 aromatic heterocycles. The lowest BCUT2D eigenvalue weighted by atomic mass is 10.1. The third-order valence-corrected chi connectivity index (χ3v) is 9.14. The highest BCUT2D eigenvalue weighted by atomic mass is 16.6. The Morgan fingerprint density at radius 1 is 0.383 bits per heavy atom. The lowest BCUT2D eigenvalue weighted by Crippen LogP contribution is -2.28. The number of unbranched alkanes of at least 4 members (excludes halogenated alkanes) is 8. The number of carbonyl (C=O) groups excluding carboxylic acids is 2. The van der Waals surface area contributed by atoms with Crippen molar-refractivity contribution >= 4 is 11.9 Å². The van der Waals surface area contributed by atoms with Crippen LogP contribution in [0, 0.1) is 0 Å². The van der Waals surface area contributed by atoms with E-state index in [1.165, 1.54) is 32.1 Å². The molecule has 0 aromatic rings. The first-order chi connectivity index (χ1) is 29.6. The van der Waals surface area contributed by atoms with E-state index >= 15 is 0 Å². The van der Waals surface area contributed by atoms with E-state index in [-0.39, 0.29) is 31.6 Å². The summed E-state index contributed by atoms with van der Waals surface area (Å²) in [6, 6.07) is 0. The van der Waals surface area contributed by atoms with Gasteiger partial charge in [-0.2, -0.15) is 0 Å². The van der Waals surface area contributed by atoms with Crippen molar-refractivity contribution < 1.29 is 24.2 Å². The minimum atomic E-state index is -0.819. The van der Waals surface area contributed by atoms with E-state index in [0.29, 0.717) is 12.8 Å². The fourth-order valence-corrected chi connectivity index (χ4v) is 5.70. The van der Waals surface area contributed by atoms with Gasteiger partial charge in [-0.25, -0.2) is 0 Å². The summed E-state index contributed by atoms with van der Waals surface area (Å²) in [6.07, 6.45) is 75.0. The first-order valence-electron chi connectivity index (χ1n) is 23.4. The summed E-state index contributed by atoms with van der Waals surface area (Å²) < 4.78 is 10.6. The molecule has 0 radical (unpaired) electrons. The molecule has 60 heavy (non-hydrogen) atoms. The summed E-state index contributed by atoms with van der Waals surface area (Å²) in [5, 5.41) is 9.60.